The van der Waals surface area contributed by atoms with Crippen molar-refractivity contribution in [3.63, 3.8) is 0 Å². The van der Waals surface area contributed by atoms with Crippen molar-refractivity contribution in [2.45, 2.75) is 45.6 Å². The van der Waals surface area contributed by atoms with Crippen molar-refractivity contribution in [3.8, 4) is 0 Å². The molecule has 6 heteroatoms. The van der Waals surface area contributed by atoms with Crippen LogP contribution in [0.25, 0.3) is 0 Å². The molecule has 1 aliphatic rings. The van der Waals surface area contributed by atoms with Crippen molar-refractivity contribution in [1.82, 2.24) is 9.88 Å². The Morgan fingerprint density at radius 2 is 2.08 bits per heavy atom. The number of hydrogen-bond acceptors (Lipinski definition) is 5. The van der Waals surface area contributed by atoms with Gasteiger partial charge in [0, 0.05) is 23.9 Å². The molecule has 2 aromatic heterocycles. The fourth-order valence-electron chi connectivity index (χ4n) is 3.12. The number of thiazole rings is 1. The third-order valence-corrected chi connectivity index (χ3v) is 7.00. The number of hydrogen-bond donors (Lipinski definition) is 1. The van der Waals surface area contributed by atoms with Gasteiger partial charge in [-0.05, 0) is 37.1 Å². The third-order valence-electron chi connectivity index (χ3n) is 4.61. The molecule has 1 aliphatic heterocycles. The molecule has 0 aliphatic carbocycles. The number of carbonyl (C=O) groups is 1. The minimum Gasteiger partial charge on any atom is -0.387 e. The predicted molar refractivity (Wildman–Crippen MR) is 98.8 cm³/mol. The molecule has 1 unspecified atom stereocenters. The smallest absolute Gasteiger partial charge is 0.265 e. The van der Waals surface area contributed by atoms with E-state index in [4.69, 9.17) is 0 Å². The van der Waals surface area contributed by atoms with E-state index in [0.29, 0.717) is 19.0 Å². The lowest BCUT2D eigenvalue weighted by atomic mass is 9.90. The zero-order chi connectivity index (χ0) is 17.3. The van der Waals surface area contributed by atoms with Crippen LogP contribution >= 0.6 is 22.7 Å². The van der Waals surface area contributed by atoms with Crippen molar-refractivity contribution in [2.24, 2.45) is 5.92 Å². The number of piperidine rings is 1. The summed E-state index contributed by atoms with van der Waals surface area (Å²) in [5, 5.41) is 13.5. The van der Waals surface area contributed by atoms with Gasteiger partial charge in [-0.15, -0.1) is 22.7 Å². The quantitative estimate of drug-likeness (QED) is 0.883. The van der Waals surface area contributed by atoms with Crippen molar-refractivity contribution in [2.75, 3.05) is 13.1 Å². The van der Waals surface area contributed by atoms with Gasteiger partial charge in [-0.3, -0.25) is 4.79 Å². The molecule has 3 rings (SSSR count). The molecule has 2 aromatic rings. The molecule has 0 spiro atoms. The van der Waals surface area contributed by atoms with Gasteiger partial charge in [-0.1, -0.05) is 19.9 Å². The van der Waals surface area contributed by atoms with Crippen LogP contribution in [0.1, 0.15) is 64.0 Å². The summed E-state index contributed by atoms with van der Waals surface area (Å²) < 4.78 is 0. The molecule has 1 atom stereocenters. The first-order chi connectivity index (χ1) is 11.5. The summed E-state index contributed by atoms with van der Waals surface area (Å²) in [4.78, 5) is 21.1. The molecule has 0 bridgehead atoms. The maximum atomic E-state index is 12.8. The predicted octanol–water partition coefficient (Wildman–Crippen LogP) is 4.22. The Morgan fingerprint density at radius 1 is 1.38 bits per heavy atom. The number of carbonyl (C=O) groups excluding carboxylic acids is 1. The maximum Gasteiger partial charge on any atom is 0.265 e. The van der Waals surface area contributed by atoms with Crippen molar-refractivity contribution >= 4 is 28.6 Å². The first-order valence-electron chi connectivity index (χ1n) is 8.45. The molecule has 0 saturated carbocycles. The number of rotatable bonds is 4. The minimum atomic E-state index is -0.403. The van der Waals surface area contributed by atoms with Gasteiger partial charge >= 0.3 is 0 Å². The normalized spacial score (nSPS) is 17.5. The third kappa shape index (κ3) is 3.55. The van der Waals surface area contributed by atoms with Gasteiger partial charge in [0.15, 0.2) is 0 Å². The number of likely N-dealkylation sites (tertiary alicyclic amines) is 1. The molecule has 0 aromatic carbocycles. The summed E-state index contributed by atoms with van der Waals surface area (Å²) in [5.41, 5.74) is 0.842. The minimum absolute atomic E-state index is 0.0981. The standard InChI is InChI=1S/C18H24N2O2S2/c1-11(2)17-19-12(3)16(24-17)18(22)20-8-6-13(7-9-20)15(21)14-5-4-10-23-14/h4-5,10-11,13,15,21H,6-9H2,1-3H3. The highest BCUT2D eigenvalue weighted by molar-refractivity contribution is 7.13. The van der Waals surface area contributed by atoms with Crippen molar-refractivity contribution < 1.29 is 9.90 Å². The van der Waals surface area contributed by atoms with Gasteiger partial charge in [0.2, 0.25) is 0 Å². The first-order valence-corrected chi connectivity index (χ1v) is 10.1. The van der Waals surface area contributed by atoms with Gasteiger partial charge < -0.3 is 10.0 Å². The van der Waals surface area contributed by atoms with E-state index >= 15 is 0 Å². The number of amides is 1. The van der Waals surface area contributed by atoms with Gasteiger partial charge in [-0.25, -0.2) is 4.98 Å². The van der Waals surface area contributed by atoms with Crippen LogP contribution < -0.4 is 0 Å². The first kappa shape index (κ1) is 17.6. The van der Waals surface area contributed by atoms with Crippen LogP contribution in [0, 0.1) is 12.8 Å². The maximum absolute atomic E-state index is 12.8. The summed E-state index contributed by atoms with van der Waals surface area (Å²) in [5.74, 6) is 0.685. The topological polar surface area (TPSA) is 53.4 Å². The molecule has 1 saturated heterocycles. The second kappa shape index (κ2) is 7.33. The van der Waals surface area contributed by atoms with E-state index in [9.17, 15) is 9.90 Å². The average Bonchev–Trinajstić information content (AvgIpc) is 3.23. The van der Waals surface area contributed by atoms with Gasteiger partial charge in [0.25, 0.3) is 5.91 Å². The molecular formula is C18H24N2O2S2. The lowest BCUT2D eigenvalue weighted by Crippen LogP contribution is -2.39. The highest BCUT2D eigenvalue weighted by atomic mass is 32.1. The molecule has 3 heterocycles. The summed E-state index contributed by atoms with van der Waals surface area (Å²) in [6.07, 6.45) is 1.29. The van der Waals surface area contributed by atoms with Crippen molar-refractivity contribution in [1.29, 1.82) is 0 Å². The lowest BCUT2D eigenvalue weighted by Gasteiger charge is -2.33. The summed E-state index contributed by atoms with van der Waals surface area (Å²) in [6, 6.07) is 3.96. The van der Waals surface area contributed by atoms with Crippen LogP contribution in [0.2, 0.25) is 0 Å². The molecule has 130 valence electrons. The van der Waals surface area contributed by atoms with Gasteiger partial charge in [0.1, 0.15) is 4.88 Å². The van der Waals surface area contributed by atoms with E-state index in [1.165, 1.54) is 11.3 Å². The van der Waals surface area contributed by atoms with Crippen molar-refractivity contribution in [3.05, 3.63) is 38.0 Å². The van der Waals surface area contributed by atoms with E-state index in [1.54, 1.807) is 11.3 Å². The molecule has 0 radical (unpaired) electrons. The van der Waals surface area contributed by atoms with Crippen LogP contribution in [0.3, 0.4) is 0 Å². The lowest BCUT2D eigenvalue weighted by molar-refractivity contribution is 0.0476. The fourth-order valence-corrected chi connectivity index (χ4v) is 4.96. The number of nitrogens with zero attached hydrogens (tertiary/aromatic N) is 2. The number of thiophene rings is 1. The Hall–Kier alpha value is -1.24. The highest BCUT2D eigenvalue weighted by Gasteiger charge is 2.30. The summed E-state index contributed by atoms with van der Waals surface area (Å²) >= 11 is 3.12. The summed E-state index contributed by atoms with van der Waals surface area (Å²) in [6.45, 7) is 7.54. The van der Waals surface area contributed by atoms with E-state index < -0.39 is 6.10 Å². The van der Waals surface area contributed by atoms with E-state index in [1.807, 2.05) is 29.3 Å². The monoisotopic (exact) mass is 364 g/mol. The molecule has 1 amide bonds. The van der Waals surface area contributed by atoms with E-state index in [0.717, 1.165) is 33.3 Å². The second-order valence-electron chi connectivity index (χ2n) is 6.71. The molecular weight excluding hydrogens is 340 g/mol. The Morgan fingerprint density at radius 3 is 2.62 bits per heavy atom. The second-order valence-corrected chi connectivity index (χ2v) is 8.72. The Balaban J connectivity index is 1.63. The SMILES string of the molecule is Cc1nc(C(C)C)sc1C(=O)N1CCC(C(O)c2cccs2)CC1. The Kier molecular flexibility index (Phi) is 5.37. The van der Waals surface area contributed by atoms with E-state index in [2.05, 4.69) is 18.8 Å². The number of aliphatic hydroxyl groups is 1. The van der Waals surface area contributed by atoms with Crippen LogP contribution in [0.5, 0.6) is 0 Å². The fraction of sp³-hybridized carbons (Fsp3) is 0.556. The van der Waals surface area contributed by atoms with Crippen LogP contribution in [0.4, 0.5) is 0 Å². The molecule has 1 fully saturated rings. The zero-order valence-electron chi connectivity index (χ0n) is 14.4. The Bertz CT molecular complexity index is 686. The number of aromatic nitrogens is 1. The van der Waals surface area contributed by atoms with E-state index in [-0.39, 0.29) is 11.8 Å². The summed E-state index contributed by atoms with van der Waals surface area (Å²) in [7, 11) is 0. The van der Waals surface area contributed by atoms with Crippen LogP contribution in [0.15, 0.2) is 17.5 Å². The molecule has 4 nitrogen and oxygen atoms in total. The average molecular weight is 365 g/mol. The van der Waals surface area contributed by atoms with Crippen LogP contribution in [-0.2, 0) is 0 Å². The largest absolute Gasteiger partial charge is 0.387 e. The Labute approximate surface area is 151 Å². The van der Waals surface area contributed by atoms with Crippen LogP contribution in [-0.4, -0.2) is 34.0 Å². The van der Waals surface area contributed by atoms with Gasteiger partial charge in [0.05, 0.1) is 16.8 Å². The zero-order valence-corrected chi connectivity index (χ0v) is 16.0. The number of aliphatic hydroxyl groups excluding tert-OH is 1. The number of aryl methyl sites for hydroxylation is 1. The molecule has 24 heavy (non-hydrogen) atoms. The van der Waals surface area contributed by atoms with Gasteiger partial charge in [-0.2, -0.15) is 0 Å². The highest BCUT2D eigenvalue weighted by Crippen LogP contribution is 2.34. The molecule has 1 N–H and O–H groups in total.